The average molecular weight is 257 g/mol. The Kier molecular flexibility index (Phi) is 5.14. The maximum absolute atomic E-state index is 12.0. The lowest BCUT2D eigenvalue weighted by molar-refractivity contribution is -0.155. The summed E-state index contributed by atoms with van der Waals surface area (Å²) in [5, 5.41) is 0. The van der Waals surface area contributed by atoms with Crippen molar-refractivity contribution in [2.45, 2.75) is 52.2 Å². The molecule has 1 aliphatic rings. The number of nitrogens with zero attached hydrogens (tertiary/aromatic N) is 1. The molecule has 5 heteroatoms. The molecule has 1 saturated heterocycles. The van der Waals surface area contributed by atoms with E-state index in [-0.39, 0.29) is 24.1 Å². The highest BCUT2D eigenvalue weighted by atomic mass is 16.5. The van der Waals surface area contributed by atoms with E-state index in [2.05, 4.69) is 0 Å². The Morgan fingerprint density at radius 1 is 1.33 bits per heavy atom. The third kappa shape index (κ3) is 4.29. The minimum Gasteiger partial charge on any atom is -0.464 e. The summed E-state index contributed by atoms with van der Waals surface area (Å²) < 4.78 is 10.4. The fraction of sp³-hybridized carbons (Fsp3) is 0.846. The molecule has 1 heterocycles. The van der Waals surface area contributed by atoms with Gasteiger partial charge >= 0.3 is 5.97 Å². The summed E-state index contributed by atoms with van der Waals surface area (Å²) in [6.07, 6.45) is 1.52. The van der Waals surface area contributed by atoms with Gasteiger partial charge in [0.1, 0.15) is 12.6 Å². The summed E-state index contributed by atoms with van der Waals surface area (Å²) in [6.45, 7) is 8.42. The van der Waals surface area contributed by atoms with Gasteiger partial charge in [-0.25, -0.2) is 4.79 Å². The van der Waals surface area contributed by atoms with Gasteiger partial charge in [0, 0.05) is 6.54 Å². The predicted molar refractivity (Wildman–Crippen MR) is 67.1 cm³/mol. The quantitative estimate of drug-likeness (QED) is 0.713. The van der Waals surface area contributed by atoms with E-state index in [9.17, 15) is 9.59 Å². The molecule has 1 aliphatic heterocycles. The van der Waals surface area contributed by atoms with Crippen molar-refractivity contribution in [3.63, 3.8) is 0 Å². The number of carbonyl (C=O) groups excluding carboxylic acids is 2. The van der Waals surface area contributed by atoms with E-state index in [1.165, 1.54) is 0 Å². The monoisotopic (exact) mass is 257 g/mol. The summed E-state index contributed by atoms with van der Waals surface area (Å²) in [6, 6.07) is -0.430. The van der Waals surface area contributed by atoms with Gasteiger partial charge in [-0.2, -0.15) is 0 Å². The maximum atomic E-state index is 12.0. The van der Waals surface area contributed by atoms with E-state index in [1.54, 1.807) is 11.8 Å². The molecule has 1 atom stereocenters. The average Bonchev–Trinajstić information content (AvgIpc) is 2.74. The van der Waals surface area contributed by atoms with E-state index < -0.39 is 6.04 Å². The highest BCUT2D eigenvalue weighted by molar-refractivity contribution is 5.85. The number of rotatable bonds is 4. The third-order valence-electron chi connectivity index (χ3n) is 2.76. The molecule has 0 saturated carbocycles. The van der Waals surface area contributed by atoms with Crippen molar-refractivity contribution >= 4 is 11.9 Å². The number of hydrogen-bond acceptors (Lipinski definition) is 4. The maximum Gasteiger partial charge on any atom is 0.328 e. The molecule has 1 rings (SSSR count). The van der Waals surface area contributed by atoms with Crippen molar-refractivity contribution in [3.05, 3.63) is 0 Å². The molecule has 104 valence electrons. The molecule has 1 fully saturated rings. The first-order valence-corrected chi connectivity index (χ1v) is 6.45. The van der Waals surface area contributed by atoms with E-state index >= 15 is 0 Å². The second-order valence-electron chi connectivity index (χ2n) is 5.40. The second-order valence-corrected chi connectivity index (χ2v) is 5.40. The van der Waals surface area contributed by atoms with Crippen LogP contribution in [0.5, 0.6) is 0 Å². The zero-order valence-electron chi connectivity index (χ0n) is 11.7. The van der Waals surface area contributed by atoms with Crippen LogP contribution in [0.25, 0.3) is 0 Å². The summed E-state index contributed by atoms with van der Waals surface area (Å²) in [7, 11) is 0. The molecule has 0 N–H and O–H groups in total. The zero-order chi connectivity index (χ0) is 13.8. The second kappa shape index (κ2) is 6.18. The Morgan fingerprint density at radius 2 is 2.00 bits per heavy atom. The van der Waals surface area contributed by atoms with Gasteiger partial charge < -0.3 is 14.4 Å². The van der Waals surface area contributed by atoms with Gasteiger partial charge in [0.25, 0.3) is 0 Å². The Hall–Kier alpha value is -1.10. The molecule has 0 aromatic carbocycles. The number of ether oxygens (including phenoxy) is 2. The molecular weight excluding hydrogens is 234 g/mol. The normalized spacial score (nSPS) is 20.0. The predicted octanol–water partition coefficient (Wildman–Crippen LogP) is 1.36. The van der Waals surface area contributed by atoms with Gasteiger partial charge in [0.2, 0.25) is 5.91 Å². The number of esters is 1. The van der Waals surface area contributed by atoms with Crippen molar-refractivity contribution in [3.8, 4) is 0 Å². The van der Waals surface area contributed by atoms with E-state index in [1.807, 2.05) is 20.8 Å². The van der Waals surface area contributed by atoms with Crippen molar-refractivity contribution in [2.75, 3.05) is 19.8 Å². The van der Waals surface area contributed by atoms with Crippen LogP contribution in [0, 0.1) is 0 Å². The van der Waals surface area contributed by atoms with Crippen LogP contribution >= 0.6 is 0 Å². The Labute approximate surface area is 108 Å². The molecule has 0 radical (unpaired) electrons. The fourth-order valence-electron chi connectivity index (χ4n) is 1.91. The van der Waals surface area contributed by atoms with Gasteiger partial charge in [-0.05, 0) is 40.5 Å². The molecule has 1 amide bonds. The lowest BCUT2D eigenvalue weighted by Crippen LogP contribution is -2.44. The summed E-state index contributed by atoms with van der Waals surface area (Å²) in [4.78, 5) is 25.3. The lowest BCUT2D eigenvalue weighted by Gasteiger charge is -2.25. The summed E-state index contributed by atoms with van der Waals surface area (Å²) >= 11 is 0. The van der Waals surface area contributed by atoms with Crippen LogP contribution in [-0.2, 0) is 19.1 Å². The molecule has 1 unspecified atom stereocenters. The minimum absolute atomic E-state index is 0.0133. The van der Waals surface area contributed by atoms with E-state index in [0.717, 1.165) is 6.42 Å². The number of hydrogen-bond donors (Lipinski definition) is 0. The van der Waals surface area contributed by atoms with Crippen LogP contribution < -0.4 is 0 Å². The lowest BCUT2D eigenvalue weighted by atomic mass is 10.2. The largest absolute Gasteiger partial charge is 0.464 e. The molecule has 0 aliphatic carbocycles. The van der Waals surface area contributed by atoms with E-state index in [4.69, 9.17) is 9.47 Å². The summed E-state index contributed by atoms with van der Waals surface area (Å²) in [5.74, 6) is -0.445. The van der Waals surface area contributed by atoms with Gasteiger partial charge in [-0.15, -0.1) is 0 Å². The molecule has 0 spiro atoms. The smallest absolute Gasteiger partial charge is 0.328 e. The Morgan fingerprint density at radius 3 is 2.56 bits per heavy atom. The van der Waals surface area contributed by atoms with Crippen LogP contribution in [0.1, 0.15) is 40.5 Å². The van der Waals surface area contributed by atoms with Crippen LogP contribution in [0.4, 0.5) is 0 Å². The first-order valence-electron chi connectivity index (χ1n) is 6.45. The van der Waals surface area contributed by atoms with Crippen LogP contribution in [0.2, 0.25) is 0 Å². The first kappa shape index (κ1) is 15.0. The molecule has 0 bridgehead atoms. The van der Waals surface area contributed by atoms with Crippen molar-refractivity contribution in [1.82, 2.24) is 4.90 Å². The Bertz CT molecular complexity index is 309. The fourth-order valence-corrected chi connectivity index (χ4v) is 1.91. The van der Waals surface area contributed by atoms with Crippen LogP contribution in [-0.4, -0.2) is 48.2 Å². The first-order chi connectivity index (χ1) is 8.35. The number of carbonyl (C=O) groups is 2. The third-order valence-corrected chi connectivity index (χ3v) is 2.76. The van der Waals surface area contributed by atoms with Gasteiger partial charge in [0.15, 0.2) is 0 Å². The van der Waals surface area contributed by atoms with Gasteiger partial charge in [-0.1, -0.05) is 0 Å². The highest BCUT2D eigenvalue weighted by Gasteiger charge is 2.35. The van der Waals surface area contributed by atoms with Crippen molar-refractivity contribution < 1.29 is 19.1 Å². The highest BCUT2D eigenvalue weighted by Crippen LogP contribution is 2.19. The van der Waals surface area contributed by atoms with Crippen LogP contribution in [0.15, 0.2) is 0 Å². The molecule has 18 heavy (non-hydrogen) atoms. The van der Waals surface area contributed by atoms with Crippen molar-refractivity contribution in [1.29, 1.82) is 0 Å². The molecule has 0 aromatic heterocycles. The topological polar surface area (TPSA) is 55.8 Å². The van der Waals surface area contributed by atoms with Crippen LogP contribution in [0.3, 0.4) is 0 Å². The zero-order valence-corrected chi connectivity index (χ0v) is 11.7. The minimum atomic E-state index is -0.430. The number of amides is 1. The summed E-state index contributed by atoms with van der Waals surface area (Å²) in [5.41, 5.74) is -0.352. The van der Waals surface area contributed by atoms with E-state index in [0.29, 0.717) is 19.6 Å². The van der Waals surface area contributed by atoms with Gasteiger partial charge in [0.05, 0.1) is 12.2 Å². The Balaban J connectivity index is 2.53. The van der Waals surface area contributed by atoms with Gasteiger partial charge in [-0.3, -0.25) is 4.79 Å². The standard InChI is InChI=1S/C13H23NO4/c1-5-17-12(16)10-7-6-8-14(10)11(15)9-18-13(2,3)4/h10H,5-9H2,1-4H3. The molecule has 5 nitrogen and oxygen atoms in total. The molecule has 0 aromatic rings. The SMILES string of the molecule is CCOC(=O)C1CCCN1C(=O)COC(C)(C)C. The van der Waals surface area contributed by atoms with Crippen molar-refractivity contribution in [2.24, 2.45) is 0 Å². The molecular formula is C13H23NO4. The number of likely N-dealkylation sites (tertiary alicyclic amines) is 1.